The van der Waals surface area contributed by atoms with E-state index >= 15 is 0 Å². The first-order valence-electron chi connectivity index (χ1n) is 10.1. The fourth-order valence-electron chi connectivity index (χ4n) is 4.84. The molecule has 0 amide bonds. The van der Waals surface area contributed by atoms with Crippen LogP contribution in [0.25, 0.3) is 11.1 Å². The minimum atomic E-state index is -3.54. The molecule has 30 heavy (non-hydrogen) atoms. The van der Waals surface area contributed by atoms with Crippen LogP contribution in [0.5, 0.6) is 0 Å². The molecule has 2 aliphatic heterocycles. The van der Waals surface area contributed by atoms with Crippen molar-refractivity contribution in [2.24, 2.45) is 0 Å². The molecule has 0 radical (unpaired) electrons. The summed E-state index contributed by atoms with van der Waals surface area (Å²) in [5.41, 5.74) is 4.86. The van der Waals surface area contributed by atoms with Crippen LogP contribution in [0.1, 0.15) is 17.0 Å². The zero-order chi connectivity index (χ0) is 20.9. The van der Waals surface area contributed by atoms with E-state index in [0.717, 1.165) is 0 Å². The Kier molecular flexibility index (Phi) is 4.94. The molecule has 3 aromatic rings. The van der Waals surface area contributed by atoms with Gasteiger partial charge in [0, 0.05) is 36.1 Å². The summed E-state index contributed by atoms with van der Waals surface area (Å²) in [7, 11) is -3.54. The molecule has 2 heterocycles. The number of piperazine rings is 1. The minimum Gasteiger partial charge on any atom is -0.313 e. The first kappa shape index (κ1) is 19.8. The van der Waals surface area contributed by atoms with Gasteiger partial charge in [-0.05, 0) is 53.4 Å². The molecule has 0 saturated carbocycles. The highest BCUT2D eigenvalue weighted by Gasteiger charge is 2.56. The maximum absolute atomic E-state index is 13.2. The number of hydrogen-bond acceptors (Lipinski definition) is 3. The Hall–Kier alpha value is -2.18. The number of benzene rings is 3. The number of nitrogens with one attached hydrogen (secondary N) is 1. The van der Waals surface area contributed by atoms with Gasteiger partial charge in [-0.25, -0.2) is 8.42 Å². The van der Waals surface area contributed by atoms with E-state index in [1.54, 1.807) is 28.6 Å². The largest absolute Gasteiger partial charge is 0.313 e. The lowest BCUT2D eigenvalue weighted by atomic mass is 9.74. The van der Waals surface area contributed by atoms with Crippen molar-refractivity contribution in [3.05, 3.63) is 88.9 Å². The van der Waals surface area contributed by atoms with E-state index in [4.69, 9.17) is 11.6 Å². The molecule has 0 aliphatic carbocycles. The second kappa shape index (κ2) is 7.50. The number of halogens is 1. The maximum atomic E-state index is 13.2. The first-order valence-corrected chi connectivity index (χ1v) is 11.9. The molecule has 4 nitrogen and oxygen atoms in total. The van der Waals surface area contributed by atoms with E-state index in [0.29, 0.717) is 23.0 Å². The molecule has 2 saturated heterocycles. The van der Waals surface area contributed by atoms with E-state index < -0.39 is 10.0 Å². The van der Waals surface area contributed by atoms with Gasteiger partial charge in [0.1, 0.15) is 0 Å². The van der Waals surface area contributed by atoms with Crippen LogP contribution in [-0.2, 0) is 10.0 Å². The summed E-state index contributed by atoms with van der Waals surface area (Å²) in [4.78, 5) is 0.303. The standard InChI is InChI=1S/C24H23ClN2O2S/c1-16-4-2-3-5-21(16)17-6-8-18(9-7-17)24-22-14-26-15-23(24)27(22)30(28,29)20-12-10-19(25)11-13-20/h2-13,22-24,26H,14-15H2,1H3/t22-,23+,24?. The molecule has 0 spiro atoms. The van der Waals surface area contributed by atoms with Crippen LogP contribution in [-0.4, -0.2) is 37.9 Å². The normalized spacial score (nSPS) is 23.7. The number of sulfonamides is 1. The first-order chi connectivity index (χ1) is 14.5. The zero-order valence-corrected chi connectivity index (χ0v) is 18.2. The second-order valence-electron chi connectivity index (χ2n) is 8.04. The summed E-state index contributed by atoms with van der Waals surface area (Å²) in [5.74, 6) is 0.208. The van der Waals surface area contributed by atoms with E-state index in [2.05, 4.69) is 54.7 Å². The van der Waals surface area contributed by atoms with Crippen molar-refractivity contribution < 1.29 is 8.42 Å². The van der Waals surface area contributed by atoms with E-state index in [-0.39, 0.29) is 18.0 Å². The number of hydrogen-bond donors (Lipinski definition) is 1. The molecular formula is C24H23ClN2O2S. The summed E-state index contributed by atoms with van der Waals surface area (Å²) < 4.78 is 28.2. The van der Waals surface area contributed by atoms with Crippen LogP contribution in [0.15, 0.2) is 77.7 Å². The van der Waals surface area contributed by atoms with Gasteiger partial charge in [-0.3, -0.25) is 0 Å². The lowest BCUT2D eigenvalue weighted by molar-refractivity contribution is 0.0370. The van der Waals surface area contributed by atoms with Crippen LogP contribution in [0, 0.1) is 6.92 Å². The molecule has 2 bridgehead atoms. The van der Waals surface area contributed by atoms with Crippen LogP contribution < -0.4 is 5.32 Å². The lowest BCUT2D eigenvalue weighted by Gasteiger charge is -2.57. The maximum Gasteiger partial charge on any atom is 0.243 e. The Balaban J connectivity index is 1.42. The third-order valence-corrected chi connectivity index (χ3v) is 8.55. The Bertz CT molecular complexity index is 1160. The van der Waals surface area contributed by atoms with Gasteiger partial charge >= 0.3 is 0 Å². The van der Waals surface area contributed by atoms with Gasteiger partial charge in [-0.2, -0.15) is 4.31 Å². The highest BCUT2D eigenvalue weighted by molar-refractivity contribution is 7.89. The Morgan fingerprint density at radius 1 is 0.900 bits per heavy atom. The predicted octanol–water partition coefficient (Wildman–Crippen LogP) is 4.44. The minimum absolute atomic E-state index is 0.0752. The topological polar surface area (TPSA) is 49.4 Å². The Morgan fingerprint density at radius 2 is 1.53 bits per heavy atom. The van der Waals surface area contributed by atoms with Crippen molar-refractivity contribution >= 4 is 21.6 Å². The average molecular weight is 439 g/mol. The van der Waals surface area contributed by atoms with Crippen molar-refractivity contribution in [3.8, 4) is 11.1 Å². The molecule has 154 valence electrons. The summed E-state index contributed by atoms with van der Waals surface area (Å²) in [5, 5.41) is 3.90. The highest BCUT2D eigenvalue weighted by Crippen LogP contribution is 2.46. The molecule has 0 aromatic heterocycles. The van der Waals surface area contributed by atoms with Gasteiger partial charge in [0.15, 0.2) is 0 Å². The van der Waals surface area contributed by atoms with Crippen LogP contribution in [0.2, 0.25) is 5.02 Å². The third kappa shape index (κ3) is 3.17. The van der Waals surface area contributed by atoms with Crippen LogP contribution in [0.4, 0.5) is 0 Å². The monoisotopic (exact) mass is 438 g/mol. The van der Waals surface area contributed by atoms with E-state index in [1.807, 2.05) is 6.07 Å². The summed E-state index contributed by atoms with van der Waals surface area (Å²) in [6.07, 6.45) is 0. The van der Waals surface area contributed by atoms with Crippen molar-refractivity contribution in [3.63, 3.8) is 0 Å². The number of fused-ring (bicyclic) bond motifs is 2. The van der Waals surface area contributed by atoms with Crippen LogP contribution in [0.3, 0.4) is 0 Å². The highest BCUT2D eigenvalue weighted by atomic mass is 35.5. The van der Waals surface area contributed by atoms with Gasteiger partial charge in [-0.1, -0.05) is 60.1 Å². The third-order valence-electron chi connectivity index (χ3n) is 6.33. The summed E-state index contributed by atoms with van der Waals surface area (Å²) in [6, 6.07) is 23.2. The van der Waals surface area contributed by atoms with Crippen molar-refractivity contribution in [2.75, 3.05) is 13.1 Å². The van der Waals surface area contributed by atoms with Gasteiger partial charge in [0.2, 0.25) is 10.0 Å². The number of piperidine rings is 1. The fourth-order valence-corrected chi connectivity index (χ4v) is 6.81. The molecule has 6 heteroatoms. The predicted molar refractivity (Wildman–Crippen MR) is 120 cm³/mol. The van der Waals surface area contributed by atoms with E-state index in [1.165, 1.54) is 22.3 Å². The van der Waals surface area contributed by atoms with Crippen LogP contribution >= 0.6 is 11.6 Å². The summed E-state index contributed by atoms with van der Waals surface area (Å²) in [6.45, 7) is 3.44. The van der Waals surface area contributed by atoms with Crippen molar-refractivity contribution in [2.45, 2.75) is 29.8 Å². The van der Waals surface area contributed by atoms with Crippen molar-refractivity contribution in [1.29, 1.82) is 0 Å². The molecule has 1 unspecified atom stereocenters. The van der Waals surface area contributed by atoms with Gasteiger partial charge in [0.25, 0.3) is 0 Å². The number of aryl methyl sites for hydroxylation is 1. The molecule has 1 N–H and O–H groups in total. The molecule has 3 aromatic carbocycles. The molecule has 5 rings (SSSR count). The van der Waals surface area contributed by atoms with Gasteiger partial charge in [-0.15, -0.1) is 0 Å². The van der Waals surface area contributed by atoms with E-state index in [9.17, 15) is 8.42 Å². The molecule has 2 aliphatic rings. The second-order valence-corrected chi connectivity index (χ2v) is 10.3. The molecular weight excluding hydrogens is 416 g/mol. The quantitative estimate of drug-likeness (QED) is 0.655. The van der Waals surface area contributed by atoms with Crippen molar-refractivity contribution in [1.82, 2.24) is 9.62 Å². The average Bonchev–Trinajstić information content (AvgIpc) is 2.75. The van der Waals surface area contributed by atoms with Gasteiger partial charge in [0.05, 0.1) is 4.90 Å². The molecule has 2 fully saturated rings. The Morgan fingerprint density at radius 3 is 2.17 bits per heavy atom. The molecule has 3 atom stereocenters. The Labute approximate surface area is 182 Å². The zero-order valence-electron chi connectivity index (χ0n) is 16.6. The lowest BCUT2D eigenvalue weighted by Crippen LogP contribution is -2.73. The summed E-state index contributed by atoms with van der Waals surface area (Å²) >= 11 is 5.94. The number of rotatable bonds is 4. The SMILES string of the molecule is Cc1ccccc1-c1ccc(C2[C@H]3CNC[C@@H]2N3S(=O)(=O)c2ccc(Cl)cc2)cc1. The smallest absolute Gasteiger partial charge is 0.243 e. The number of nitrogens with zero attached hydrogens (tertiary/aromatic N) is 1. The van der Waals surface area contributed by atoms with Gasteiger partial charge < -0.3 is 5.32 Å². The fraction of sp³-hybridized carbons (Fsp3) is 0.250.